The highest BCUT2D eigenvalue weighted by atomic mass is 16.3. The Balaban J connectivity index is 1.27. The maximum absolute atomic E-state index is 13.2. The smallest absolute Gasteiger partial charge is 0.136 e. The Bertz CT molecular complexity index is 678. The molecular weight excluding hydrogens is 358 g/mol. The molecule has 11 unspecified atom stereocenters. The first-order valence-corrected chi connectivity index (χ1v) is 12.9. The van der Waals surface area contributed by atoms with E-state index in [-0.39, 0.29) is 17.4 Å². The number of rotatable bonds is 0. The highest BCUT2D eigenvalue weighted by Crippen LogP contribution is 2.65. The quantitative estimate of drug-likeness (QED) is 0.651. The van der Waals surface area contributed by atoms with Gasteiger partial charge in [0.1, 0.15) is 5.78 Å². The number of fused-ring (bicyclic) bond motifs is 8. The summed E-state index contributed by atoms with van der Waals surface area (Å²) in [5.41, 5.74) is 0.170. The van der Waals surface area contributed by atoms with Crippen LogP contribution >= 0.6 is 0 Å². The lowest BCUT2D eigenvalue weighted by Crippen LogP contribution is -2.54. The van der Waals surface area contributed by atoms with E-state index in [4.69, 9.17) is 0 Å². The van der Waals surface area contributed by atoms with Crippen LogP contribution in [-0.4, -0.2) is 41.0 Å². The van der Waals surface area contributed by atoms with Crippen molar-refractivity contribution in [1.29, 1.82) is 0 Å². The number of Topliss-reactive ketones (excluding diaryl/α,β-unsaturated/α-hetero) is 1. The van der Waals surface area contributed by atoms with Crippen LogP contribution in [0.4, 0.5) is 0 Å². The van der Waals surface area contributed by atoms with E-state index >= 15 is 0 Å². The summed E-state index contributed by atoms with van der Waals surface area (Å²) in [6.45, 7) is 7.57. The molecule has 0 radical (unpaired) electrons. The molecule has 0 spiro atoms. The molecule has 11 atom stereocenters. The summed E-state index contributed by atoms with van der Waals surface area (Å²) in [5.74, 6) is 6.45. The first kappa shape index (κ1) is 19.3. The van der Waals surface area contributed by atoms with Crippen molar-refractivity contribution in [3.05, 3.63) is 0 Å². The number of nitrogens with zero attached hydrogens (tertiary/aromatic N) is 1. The Morgan fingerprint density at radius 2 is 1.79 bits per heavy atom. The van der Waals surface area contributed by atoms with Gasteiger partial charge in [0.15, 0.2) is 0 Å². The van der Waals surface area contributed by atoms with Crippen molar-refractivity contribution in [3.63, 3.8) is 0 Å². The fraction of sp³-hybridized carbons (Fsp3) is 0.962. The zero-order valence-corrected chi connectivity index (χ0v) is 18.6. The van der Waals surface area contributed by atoms with Crippen LogP contribution in [0.15, 0.2) is 0 Å². The number of ketones is 1. The molecule has 0 aromatic rings. The summed E-state index contributed by atoms with van der Waals surface area (Å²) < 4.78 is 0. The van der Waals surface area contributed by atoms with Gasteiger partial charge in [-0.2, -0.15) is 0 Å². The molecule has 29 heavy (non-hydrogen) atoms. The molecule has 3 heteroatoms. The third-order valence-corrected chi connectivity index (χ3v) is 11.2. The number of hydrogen-bond acceptors (Lipinski definition) is 3. The molecule has 6 fully saturated rings. The molecule has 2 aliphatic heterocycles. The molecule has 4 aliphatic carbocycles. The van der Waals surface area contributed by atoms with E-state index in [2.05, 4.69) is 18.7 Å². The summed E-state index contributed by atoms with van der Waals surface area (Å²) in [5, 5.41) is 10.3. The fourth-order valence-electron chi connectivity index (χ4n) is 9.82. The van der Waals surface area contributed by atoms with Crippen LogP contribution < -0.4 is 0 Å². The average Bonchev–Trinajstić information content (AvgIpc) is 3.08. The summed E-state index contributed by atoms with van der Waals surface area (Å²) >= 11 is 0. The highest BCUT2D eigenvalue weighted by molar-refractivity contribution is 5.83. The van der Waals surface area contributed by atoms with E-state index in [1.165, 1.54) is 51.6 Å². The van der Waals surface area contributed by atoms with E-state index in [0.29, 0.717) is 11.7 Å². The molecule has 0 aromatic heterocycles. The second-order valence-corrected chi connectivity index (χ2v) is 12.5. The van der Waals surface area contributed by atoms with Crippen LogP contribution in [0.1, 0.15) is 78.1 Å². The van der Waals surface area contributed by atoms with Gasteiger partial charge in [0, 0.05) is 31.5 Å². The van der Waals surface area contributed by atoms with Crippen LogP contribution in [0, 0.1) is 52.8 Å². The Labute approximate surface area is 177 Å². The van der Waals surface area contributed by atoms with Gasteiger partial charge in [-0.15, -0.1) is 0 Å². The third kappa shape index (κ3) is 2.85. The number of carbonyl (C=O) groups is 1. The van der Waals surface area contributed by atoms with E-state index in [1.54, 1.807) is 0 Å². The fourth-order valence-corrected chi connectivity index (χ4v) is 9.82. The van der Waals surface area contributed by atoms with E-state index < -0.39 is 0 Å². The molecule has 2 heterocycles. The van der Waals surface area contributed by atoms with Crippen molar-refractivity contribution < 1.29 is 9.90 Å². The van der Waals surface area contributed by atoms with E-state index in [1.807, 2.05) is 0 Å². The molecule has 1 N–H and O–H groups in total. The Morgan fingerprint density at radius 1 is 0.931 bits per heavy atom. The zero-order chi connectivity index (χ0) is 19.9. The van der Waals surface area contributed by atoms with Gasteiger partial charge in [0.05, 0.1) is 6.10 Å². The first-order chi connectivity index (χ1) is 13.9. The maximum Gasteiger partial charge on any atom is 0.136 e. The molecule has 2 saturated heterocycles. The minimum Gasteiger partial charge on any atom is -0.393 e. The van der Waals surface area contributed by atoms with E-state index in [9.17, 15) is 9.90 Å². The topological polar surface area (TPSA) is 40.5 Å². The van der Waals surface area contributed by atoms with Crippen molar-refractivity contribution in [1.82, 2.24) is 4.90 Å². The summed E-state index contributed by atoms with van der Waals surface area (Å²) in [7, 11) is 0. The molecule has 0 aromatic carbocycles. The number of piperidine rings is 2. The van der Waals surface area contributed by atoms with Gasteiger partial charge in [-0.3, -0.25) is 9.69 Å². The average molecular weight is 400 g/mol. The molecule has 0 bridgehead atoms. The third-order valence-electron chi connectivity index (χ3n) is 11.2. The Kier molecular flexibility index (Phi) is 4.52. The van der Waals surface area contributed by atoms with Gasteiger partial charge in [0.25, 0.3) is 0 Å². The lowest BCUT2D eigenvalue weighted by atomic mass is 9.51. The largest absolute Gasteiger partial charge is 0.393 e. The van der Waals surface area contributed by atoms with Crippen molar-refractivity contribution in [2.24, 2.45) is 52.8 Å². The molecule has 162 valence electrons. The van der Waals surface area contributed by atoms with Crippen molar-refractivity contribution in [3.8, 4) is 0 Å². The lowest BCUT2D eigenvalue weighted by Gasteiger charge is -2.53. The van der Waals surface area contributed by atoms with Gasteiger partial charge in [-0.1, -0.05) is 13.8 Å². The zero-order valence-electron chi connectivity index (χ0n) is 18.6. The number of carbonyl (C=O) groups excluding carboxylic acids is 1. The lowest BCUT2D eigenvalue weighted by molar-refractivity contribution is -0.145. The Hall–Kier alpha value is -0.410. The van der Waals surface area contributed by atoms with Crippen LogP contribution in [0.3, 0.4) is 0 Å². The molecule has 0 amide bonds. The first-order valence-electron chi connectivity index (χ1n) is 12.9. The number of aliphatic hydroxyl groups is 1. The maximum atomic E-state index is 13.2. The predicted octanol–water partition coefficient (Wildman–Crippen LogP) is 4.53. The van der Waals surface area contributed by atoms with Crippen molar-refractivity contribution >= 4 is 5.78 Å². The van der Waals surface area contributed by atoms with Crippen molar-refractivity contribution in [2.75, 3.05) is 13.1 Å². The van der Waals surface area contributed by atoms with Crippen LogP contribution in [-0.2, 0) is 4.79 Å². The molecule has 4 saturated carbocycles. The number of aliphatic hydroxyl groups excluding tert-OH is 1. The molecule has 6 rings (SSSR count). The van der Waals surface area contributed by atoms with Crippen LogP contribution in [0.25, 0.3) is 0 Å². The second kappa shape index (κ2) is 6.79. The second-order valence-electron chi connectivity index (χ2n) is 12.5. The minimum absolute atomic E-state index is 0.141. The van der Waals surface area contributed by atoms with E-state index in [0.717, 1.165) is 67.2 Å². The van der Waals surface area contributed by atoms with Gasteiger partial charge in [0.2, 0.25) is 0 Å². The highest BCUT2D eigenvalue weighted by Gasteiger charge is 2.62. The van der Waals surface area contributed by atoms with Crippen LogP contribution in [0.2, 0.25) is 0 Å². The molecular formula is C26H41NO2. The van der Waals surface area contributed by atoms with Crippen molar-refractivity contribution in [2.45, 2.75) is 90.2 Å². The monoisotopic (exact) mass is 399 g/mol. The molecule has 3 nitrogen and oxygen atoms in total. The van der Waals surface area contributed by atoms with Crippen LogP contribution in [0.5, 0.6) is 0 Å². The SMILES string of the molecule is CC1CCC2CC3CCC4C(CC5C4CC(=O)C4CC(O)CCC45C)C3CN2C1. The van der Waals surface area contributed by atoms with Gasteiger partial charge in [-0.25, -0.2) is 0 Å². The van der Waals surface area contributed by atoms with Gasteiger partial charge < -0.3 is 5.11 Å². The normalized spacial score (nSPS) is 57.3. The summed E-state index contributed by atoms with van der Waals surface area (Å²) in [4.78, 5) is 16.1. The Morgan fingerprint density at radius 3 is 2.66 bits per heavy atom. The predicted molar refractivity (Wildman–Crippen MR) is 114 cm³/mol. The standard InChI is InChI=1S/C26H41NO2/c1-15-3-5-17-9-16-4-6-19-20(22(16)14-27(17)13-15)11-23-21(19)12-25(29)24-10-18(28)7-8-26(23,24)2/h15-24,28H,3-14H2,1-2H3. The minimum atomic E-state index is -0.238. The van der Waals surface area contributed by atoms with Gasteiger partial charge >= 0.3 is 0 Å². The summed E-state index contributed by atoms with van der Waals surface area (Å²) in [6.07, 6.45) is 11.9. The summed E-state index contributed by atoms with van der Waals surface area (Å²) in [6, 6.07) is 0.871. The number of hydrogen-bond donors (Lipinski definition) is 1. The van der Waals surface area contributed by atoms with Gasteiger partial charge in [-0.05, 0) is 105 Å². The molecule has 6 aliphatic rings.